The summed E-state index contributed by atoms with van der Waals surface area (Å²) < 4.78 is 12.6. The number of ether oxygens (including phenoxy) is 1. The third-order valence-electron chi connectivity index (χ3n) is 5.22. The zero-order valence-electron chi connectivity index (χ0n) is 14.9. The molecule has 0 unspecified atom stereocenters. The van der Waals surface area contributed by atoms with Crippen LogP contribution in [-0.2, 0) is 15.8 Å². The normalized spacial score (nSPS) is 23.5. The van der Waals surface area contributed by atoms with Crippen molar-refractivity contribution in [1.82, 2.24) is 0 Å². The third-order valence-corrected chi connectivity index (χ3v) is 9.75. The Bertz CT molecular complexity index is 442. The summed E-state index contributed by atoms with van der Waals surface area (Å²) >= 11 is 0. The van der Waals surface area contributed by atoms with Crippen molar-refractivity contribution in [2.24, 2.45) is 0 Å². The average Bonchev–Trinajstić information content (AvgIpc) is 2.46. The van der Waals surface area contributed by atoms with E-state index in [2.05, 4.69) is 58.1 Å². The second-order valence-corrected chi connectivity index (χ2v) is 12.8. The molecule has 1 saturated carbocycles. The highest BCUT2D eigenvalue weighted by molar-refractivity contribution is 6.74. The zero-order valence-corrected chi connectivity index (χ0v) is 15.9. The monoisotopic (exact) mass is 320 g/mol. The molecule has 0 aromatic heterocycles. The SMILES string of the molecule is CC(C)(C)[Si](C)(C)OC1CCC(OCc2ccccc2)CC1. The minimum atomic E-state index is -1.63. The predicted molar refractivity (Wildman–Crippen MR) is 95.6 cm³/mol. The van der Waals surface area contributed by atoms with Crippen LogP contribution >= 0.6 is 0 Å². The van der Waals surface area contributed by atoms with E-state index in [1.54, 1.807) is 0 Å². The summed E-state index contributed by atoms with van der Waals surface area (Å²) in [6.07, 6.45) is 5.40. The minimum absolute atomic E-state index is 0.299. The fraction of sp³-hybridized carbons (Fsp3) is 0.684. The van der Waals surface area contributed by atoms with E-state index < -0.39 is 8.32 Å². The van der Waals surface area contributed by atoms with Gasteiger partial charge in [-0.2, -0.15) is 0 Å². The summed E-state index contributed by atoms with van der Waals surface area (Å²) in [7, 11) is -1.63. The van der Waals surface area contributed by atoms with Crippen molar-refractivity contribution >= 4 is 8.32 Å². The van der Waals surface area contributed by atoms with E-state index in [1.165, 1.54) is 5.56 Å². The van der Waals surface area contributed by atoms with Gasteiger partial charge in [-0.1, -0.05) is 51.1 Å². The maximum absolute atomic E-state index is 6.54. The van der Waals surface area contributed by atoms with Gasteiger partial charge in [0.2, 0.25) is 0 Å². The largest absolute Gasteiger partial charge is 0.414 e. The lowest BCUT2D eigenvalue weighted by atomic mass is 9.95. The van der Waals surface area contributed by atoms with Gasteiger partial charge >= 0.3 is 0 Å². The quantitative estimate of drug-likeness (QED) is 0.663. The van der Waals surface area contributed by atoms with Gasteiger partial charge in [-0.3, -0.25) is 0 Å². The molecule has 0 N–H and O–H groups in total. The lowest BCUT2D eigenvalue weighted by Gasteiger charge is -2.41. The molecule has 1 fully saturated rings. The van der Waals surface area contributed by atoms with Gasteiger partial charge in [0.05, 0.1) is 12.7 Å². The molecule has 0 aliphatic heterocycles. The number of benzene rings is 1. The lowest BCUT2D eigenvalue weighted by molar-refractivity contribution is -0.00911. The molecule has 0 bridgehead atoms. The third kappa shape index (κ3) is 4.93. The molecular weight excluding hydrogens is 288 g/mol. The van der Waals surface area contributed by atoms with Gasteiger partial charge < -0.3 is 9.16 Å². The lowest BCUT2D eigenvalue weighted by Crippen LogP contribution is -2.45. The van der Waals surface area contributed by atoms with E-state index in [0.717, 1.165) is 32.3 Å². The first-order valence-corrected chi connectivity index (χ1v) is 11.5. The van der Waals surface area contributed by atoms with Crippen LogP contribution in [0.25, 0.3) is 0 Å². The van der Waals surface area contributed by atoms with E-state index in [1.807, 2.05) is 6.07 Å². The number of hydrogen-bond donors (Lipinski definition) is 0. The van der Waals surface area contributed by atoms with E-state index in [9.17, 15) is 0 Å². The molecule has 0 radical (unpaired) electrons. The van der Waals surface area contributed by atoms with Gasteiger partial charge in [0.15, 0.2) is 8.32 Å². The van der Waals surface area contributed by atoms with Crippen molar-refractivity contribution in [3.63, 3.8) is 0 Å². The second-order valence-electron chi connectivity index (χ2n) is 8.07. The summed E-state index contributed by atoms with van der Waals surface area (Å²) in [5, 5.41) is 0.299. The van der Waals surface area contributed by atoms with Crippen LogP contribution in [0.2, 0.25) is 18.1 Å². The molecule has 0 atom stereocenters. The molecule has 0 amide bonds. The zero-order chi connectivity index (χ0) is 16.2. The Kier molecular flexibility index (Phi) is 5.86. The molecule has 0 spiro atoms. The van der Waals surface area contributed by atoms with Crippen LogP contribution in [0.5, 0.6) is 0 Å². The Morgan fingerprint density at radius 3 is 2.05 bits per heavy atom. The topological polar surface area (TPSA) is 18.5 Å². The predicted octanol–water partition coefficient (Wildman–Crippen LogP) is 5.54. The highest BCUT2D eigenvalue weighted by Crippen LogP contribution is 2.39. The first kappa shape index (κ1) is 17.7. The first-order chi connectivity index (χ1) is 10.3. The first-order valence-electron chi connectivity index (χ1n) is 8.61. The molecule has 1 aromatic rings. The van der Waals surface area contributed by atoms with Crippen LogP contribution in [0.3, 0.4) is 0 Å². The number of rotatable bonds is 5. The number of hydrogen-bond acceptors (Lipinski definition) is 2. The summed E-state index contributed by atoms with van der Waals surface area (Å²) in [5.74, 6) is 0. The molecule has 0 heterocycles. The van der Waals surface area contributed by atoms with E-state index in [4.69, 9.17) is 9.16 Å². The van der Waals surface area contributed by atoms with E-state index in [-0.39, 0.29) is 0 Å². The fourth-order valence-electron chi connectivity index (χ4n) is 2.70. The standard InChI is InChI=1S/C19H32O2Si/c1-19(2,3)22(4,5)21-18-13-11-17(12-14-18)20-15-16-9-7-6-8-10-16/h6-10,17-18H,11-15H2,1-5H3. The molecule has 1 aliphatic rings. The molecule has 1 aromatic carbocycles. The molecule has 124 valence electrons. The Labute approximate surface area is 137 Å². The maximum atomic E-state index is 6.54. The van der Waals surface area contributed by atoms with E-state index in [0.29, 0.717) is 17.2 Å². The van der Waals surface area contributed by atoms with Gasteiger partial charge in [-0.15, -0.1) is 0 Å². The molecule has 2 rings (SSSR count). The Morgan fingerprint density at radius 2 is 1.50 bits per heavy atom. The summed E-state index contributed by atoms with van der Waals surface area (Å²) in [5.41, 5.74) is 1.27. The van der Waals surface area contributed by atoms with Gasteiger partial charge in [-0.05, 0) is 49.4 Å². The Hall–Kier alpha value is -0.643. The molecule has 1 aliphatic carbocycles. The summed E-state index contributed by atoms with van der Waals surface area (Å²) in [6, 6.07) is 10.5. The van der Waals surface area contributed by atoms with Crippen molar-refractivity contribution < 1.29 is 9.16 Å². The van der Waals surface area contributed by atoms with Crippen LogP contribution in [0.15, 0.2) is 30.3 Å². The molecule has 0 saturated heterocycles. The fourth-order valence-corrected chi connectivity index (χ4v) is 4.12. The highest BCUT2D eigenvalue weighted by atomic mass is 28.4. The molecule has 22 heavy (non-hydrogen) atoms. The van der Waals surface area contributed by atoms with Crippen molar-refractivity contribution in [2.75, 3.05) is 0 Å². The van der Waals surface area contributed by atoms with Crippen molar-refractivity contribution in [2.45, 2.75) is 83.4 Å². The van der Waals surface area contributed by atoms with Crippen LogP contribution in [-0.4, -0.2) is 20.5 Å². The van der Waals surface area contributed by atoms with E-state index >= 15 is 0 Å². The highest BCUT2D eigenvalue weighted by Gasteiger charge is 2.39. The summed E-state index contributed by atoms with van der Waals surface area (Å²) in [6.45, 7) is 12.4. The summed E-state index contributed by atoms with van der Waals surface area (Å²) in [4.78, 5) is 0. The van der Waals surface area contributed by atoms with Crippen LogP contribution in [0.1, 0.15) is 52.0 Å². The Morgan fingerprint density at radius 1 is 0.955 bits per heavy atom. The average molecular weight is 321 g/mol. The van der Waals surface area contributed by atoms with Crippen molar-refractivity contribution in [1.29, 1.82) is 0 Å². The van der Waals surface area contributed by atoms with Crippen LogP contribution in [0.4, 0.5) is 0 Å². The second kappa shape index (κ2) is 7.29. The Balaban J connectivity index is 1.74. The van der Waals surface area contributed by atoms with Gasteiger partial charge in [0.25, 0.3) is 0 Å². The molecule has 2 nitrogen and oxygen atoms in total. The van der Waals surface area contributed by atoms with Crippen molar-refractivity contribution in [3.8, 4) is 0 Å². The minimum Gasteiger partial charge on any atom is -0.414 e. The van der Waals surface area contributed by atoms with Gasteiger partial charge in [0, 0.05) is 6.10 Å². The van der Waals surface area contributed by atoms with Crippen LogP contribution < -0.4 is 0 Å². The molecule has 3 heteroatoms. The van der Waals surface area contributed by atoms with Gasteiger partial charge in [0.1, 0.15) is 0 Å². The molecular formula is C19H32O2Si. The van der Waals surface area contributed by atoms with Crippen LogP contribution in [0, 0.1) is 0 Å². The van der Waals surface area contributed by atoms with Gasteiger partial charge in [-0.25, -0.2) is 0 Å². The van der Waals surface area contributed by atoms with Crippen molar-refractivity contribution in [3.05, 3.63) is 35.9 Å². The smallest absolute Gasteiger partial charge is 0.192 e. The maximum Gasteiger partial charge on any atom is 0.192 e.